The summed E-state index contributed by atoms with van der Waals surface area (Å²) in [6.07, 6.45) is 5.35. The van der Waals surface area contributed by atoms with E-state index in [-0.39, 0.29) is 24.7 Å². The number of ether oxygens (including phenoxy) is 1. The Labute approximate surface area is 161 Å². The number of aromatic hydroxyl groups is 1. The minimum Gasteiger partial charge on any atom is -0.493 e. The van der Waals surface area contributed by atoms with Gasteiger partial charge in [0.25, 0.3) is 0 Å². The SMILES string of the molecule is C#CCn1c(O)c(N=NC(=O)COc2ccc(Cl)c(C)c2)c2ccccc21. The van der Waals surface area contributed by atoms with Crippen LogP contribution in [0.15, 0.2) is 52.7 Å². The number of carbonyl (C=O) groups excluding carboxylic acids is 1. The van der Waals surface area contributed by atoms with Gasteiger partial charge in [-0.3, -0.25) is 9.36 Å². The molecule has 1 aromatic heterocycles. The second-order valence-corrected chi connectivity index (χ2v) is 6.18. The van der Waals surface area contributed by atoms with Crippen molar-refractivity contribution >= 4 is 34.1 Å². The Kier molecular flexibility index (Phi) is 5.43. The molecular formula is C20H16ClN3O3. The smallest absolute Gasteiger partial charge is 0.302 e. The third kappa shape index (κ3) is 3.94. The van der Waals surface area contributed by atoms with E-state index in [4.69, 9.17) is 22.8 Å². The van der Waals surface area contributed by atoms with Crippen molar-refractivity contribution in [2.75, 3.05) is 6.61 Å². The molecule has 0 saturated carbocycles. The molecule has 0 bridgehead atoms. The van der Waals surface area contributed by atoms with Gasteiger partial charge >= 0.3 is 5.91 Å². The van der Waals surface area contributed by atoms with E-state index < -0.39 is 5.91 Å². The van der Waals surface area contributed by atoms with E-state index in [9.17, 15) is 9.90 Å². The molecule has 27 heavy (non-hydrogen) atoms. The van der Waals surface area contributed by atoms with Crippen molar-refractivity contribution in [1.82, 2.24) is 4.57 Å². The van der Waals surface area contributed by atoms with Crippen LogP contribution in [0.4, 0.5) is 5.69 Å². The molecule has 0 aliphatic rings. The predicted octanol–water partition coefficient (Wildman–Crippen LogP) is 4.63. The van der Waals surface area contributed by atoms with Crippen LogP contribution in [0, 0.1) is 19.3 Å². The second kappa shape index (κ2) is 7.94. The van der Waals surface area contributed by atoms with Gasteiger partial charge in [0, 0.05) is 10.4 Å². The van der Waals surface area contributed by atoms with E-state index in [0.29, 0.717) is 21.7 Å². The lowest BCUT2D eigenvalue weighted by atomic mass is 10.2. The van der Waals surface area contributed by atoms with Gasteiger partial charge in [0.2, 0.25) is 5.88 Å². The zero-order valence-electron chi connectivity index (χ0n) is 14.5. The van der Waals surface area contributed by atoms with Gasteiger partial charge in [0.15, 0.2) is 12.3 Å². The second-order valence-electron chi connectivity index (χ2n) is 5.77. The largest absolute Gasteiger partial charge is 0.493 e. The first-order valence-electron chi connectivity index (χ1n) is 8.08. The maximum Gasteiger partial charge on any atom is 0.302 e. The molecule has 1 heterocycles. The van der Waals surface area contributed by atoms with Crippen LogP contribution in [0.25, 0.3) is 10.9 Å². The molecule has 0 unspecified atom stereocenters. The van der Waals surface area contributed by atoms with Crippen LogP contribution in [-0.2, 0) is 11.3 Å². The number of fused-ring (bicyclic) bond motifs is 1. The van der Waals surface area contributed by atoms with Crippen LogP contribution in [-0.4, -0.2) is 22.2 Å². The summed E-state index contributed by atoms with van der Waals surface area (Å²) in [6.45, 7) is 1.73. The van der Waals surface area contributed by atoms with E-state index in [2.05, 4.69) is 16.1 Å². The van der Waals surface area contributed by atoms with Crippen LogP contribution in [0.2, 0.25) is 5.02 Å². The summed E-state index contributed by atoms with van der Waals surface area (Å²) in [5.41, 5.74) is 1.74. The van der Waals surface area contributed by atoms with Crippen molar-refractivity contribution in [2.24, 2.45) is 10.2 Å². The van der Waals surface area contributed by atoms with Gasteiger partial charge in [0.05, 0.1) is 12.1 Å². The minimum atomic E-state index is -0.587. The van der Waals surface area contributed by atoms with Crippen LogP contribution in [0.5, 0.6) is 11.6 Å². The van der Waals surface area contributed by atoms with E-state index in [0.717, 1.165) is 5.56 Å². The first-order valence-corrected chi connectivity index (χ1v) is 8.46. The number of rotatable bonds is 5. The van der Waals surface area contributed by atoms with Crippen molar-refractivity contribution in [3.8, 4) is 24.0 Å². The standard InChI is InChI=1S/C20H16ClN3O3/c1-3-10-24-17-7-5-4-6-15(17)19(20(24)26)23-22-18(25)12-27-14-8-9-16(21)13(2)11-14/h1,4-9,11,26H,10,12H2,2H3. The summed E-state index contributed by atoms with van der Waals surface area (Å²) < 4.78 is 6.93. The highest BCUT2D eigenvalue weighted by atomic mass is 35.5. The Morgan fingerprint density at radius 1 is 1.33 bits per heavy atom. The van der Waals surface area contributed by atoms with Gasteiger partial charge in [-0.15, -0.1) is 16.7 Å². The fourth-order valence-corrected chi connectivity index (χ4v) is 2.73. The maximum absolute atomic E-state index is 12.0. The number of terminal acetylenes is 1. The number of benzene rings is 2. The Balaban J connectivity index is 1.77. The molecule has 0 fully saturated rings. The molecule has 3 aromatic rings. The number of hydrogen-bond donors (Lipinski definition) is 1. The van der Waals surface area contributed by atoms with Crippen LogP contribution >= 0.6 is 11.6 Å². The predicted molar refractivity (Wildman–Crippen MR) is 104 cm³/mol. The summed E-state index contributed by atoms with van der Waals surface area (Å²) in [4.78, 5) is 12.0. The number of carbonyl (C=O) groups is 1. The number of hydrogen-bond acceptors (Lipinski definition) is 4. The van der Waals surface area contributed by atoms with Crippen molar-refractivity contribution in [3.63, 3.8) is 0 Å². The van der Waals surface area contributed by atoms with Gasteiger partial charge in [-0.05, 0) is 36.8 Å². The summed E-state index contributed by atoms with van der Waals surface area (Å²) in [5.74, 6) is 2.26. The summed E-state index contributed by atoms with van der Waals surface area (Å²) in [6, 6.07) is 12.3. The average Bonchev–Trinajstić information content (AvgIpc) is 2.93. The molecule has 3 rings (SSSR count). The number of halogens is 1. The molecule has 0 spiro atoms. The van der Waals surface area contributed by atoms with E-state index in [1.807, 2.05) is 13.0 Å². The van der Waals surface area contributed by atoms with Crippen LogP contribution < -0.4 is 4.74 Å². The molecule has 2 aromatic carbocycles. The van der Waals surface area contributed by atoms with Crippen molar-refractivity contribution in [3.05, 3.63) is 53.1 Å². The van der Waals surface area contributed by atoms with E-state index in [1.54, 1.807) is 36.4 Å². The first-order chi connectivity index (χ1) is 13.0. The normalized spacial score (nSPS) is 11.0. The lowest BCUT2D eigenvalue weighted by molar-refractivity contribution is -0.120. The minimum absolute atomic E-state index is 0.139. The molecule has 7 heteroatoms. The fourth-order valence-electron chi connectivity index (χ4n) is 2.61. The summed E-state index contributed by atoms with van der Waals surface area (Å²) in [5, 5.41) is 19.2. The van der Waals surface area contributed by atoms with Crippen molar-refractivity contribution in [2.45, 2.75) is 13.5 Å². The zero-order valence-corrected chi connectivity index (χ0v) is 15.3. The first kappa shape index (κ1) is 18.5. The van der Waals surface area contributed by atoms with Gasteiger partial charge in [0.1, 0.15) is 5.75 Å². The molecule has 0 aliphatic carbocycles. The number of amides is 1. The van der Waals surface area contributed by atoms with Crippen molar-refractivity contribution < 1.29 is 14.6 Å². The molecule has 136 valence electrons. The summed E-state index contributed by atoms with van der Waals surface area (Å²) >= 11 is 5.95. The lowest BCUT2D eigenvalue weighted by Gasteiger charge is -2.05. The van der Waals surface area contributed by atoms with Crippen LogP contribution in [0.1, 0.15) is 5.56 Å². The number of para-hydroxylation sites is 1. The monoisotopic (exact) mass is 381 g/mol. The molecule has 0 radical (unpaired) electrons. The molecule has 1 amide bonds. The van der Waals surface area contributed by atoms with E-state index in [1.165, 1.54) is 4.57 Å². The molecule has 0 atom stereocenters. The maximum atomic E-state index is 12.0. The van der Waals surface area contributed by atoms with Gasteiger partial charge in [-0.2, -0.15) is 0 Å². The van der Waals surface area contributed by atoms with E-state index >= 15 is 0 Å². The topological polar surface area (TPSA) is 76.2 Å². The van der Waals surface area contributed by atoms with Gasteiger partial charge in [-0.1, -0.05) is 35.7 Å². The number of nitrogens with zero attached hydrogens (tertiary/aromatic N) is 3. The highest BCUT2D eigenvalue weighted by Crippen LogP contribution is 2.38. The Morgan fingerprint density at radius 3 is 2.85 bits per heavy atom. The average molecular weight is 382 g/mol. The highest BCUT2D eigenvalue weighted by molar-refractivity contribution is 6.31. The quantitative estimate of drug-likeness (QED) is 0.517. The lowest BCUT2D eigenvalue weighted by Crippen LogP contribution is -2.07. The Hall–Kier alpha value is -3.30. The molecule has 0 aliphatic heterocycles. The Bertz CT molecular complexity index is 1080. The number of aromatic nitrogens is 1. The third-order valence-corrected chi connectivity index (χ3v) is 4.34. The van der Waals surface area contributed by atoms with Gasteiger partial charge < -0.3 is 9.84 Å². The third-order valence-electron chi connectivity index (χ3n) is 3.92. The molecule has 1 N–H and O–H groups in total. The van der Waals surface area contributed by atoms with Crippen LogP contribution in [0.3, 0.4) is 0 Å². The van der Waals surface area contributed by atoms with Gasteiger partial charge in [-0.25, -0.2) is 0 Å². The number of aryl methyl sites for hydroxylation is 1. The number of azo groups is 1. The van der Waals surface area contributed by atoms with Crippen molar-refractivity contribution in [1.29, 1.82) is 0 Å². The molecule has 6 nitrogen and oxygen atoms in total. The zero-order chi connectivity index (χ0) is 19.4. The summed E-state index contributed by atoms with van der Waals surface area (Å²) in [7, 11) is 0. The highest BCUT2D eigenvalue weighted by Gasteiger charge is 2.16. The Morgan fingerprint density at radius 2 is 2.11 bits per heavy atom. The molecular weight excluding hydrogens is 366 g/mol. The molecule has 0 saturated heterocycles. The fraction of sp³-hybridized carbons (Fsp3) is 0.150.